The van der Waals surface area contributed by atoms with Gasteiger partial charge in [0.25, 0.3) is 0 Å². The molecule has 0 radical (unpaired) electrons. The Balaban J connectivity index is 1.39. The van der Waals surface area contributed by atoms with Crippen LogP contribution >= 0.6 is 17.0 Å². The molecule has 305 valence electrons. The molecule has 4 heteroatoms. The average Bonchev–Trinajstić information content (AvgIpc) is 3.97. The van der Waals surface area contributed by atoms with Crippen molar-refractivity contribution in [1.82, 2.24) is 0 Å². The van der Waals surface area contributed by atoms with E-state index in [1.165, 1.54) is 103 Å². The molecule has 0 amide bonds. The SMILES string of the molecule is CCCCC1=Cc2c(ccc(C)c2-c2ccccc2CC)[CH]1[Zr]([Cl])([Cl])([c]1cccc2c1[SiH2]c1ccccc1-2)[CH]1C(CCCC)=Cc2c1ccc(C)c2-c1ccccc1CC. The molecule has 0 saturated heterocycles. The molecule has 0 bridgehead atoms. The van der Waals surface area contributed by atoms with Crippen LogP contribution < -0.4 is 13.6 Å². The summed E-state index contributed by atoms with van der Waals surface area (Å²) in [6, 6.07) is 44.0. The van der Waals surface area contributed by atoms with Gasteiger partial charge in [-0.2, -0.15) is 0 Å². The maximum atomic E-state index is 9.47. The fourth-order valence-electron chi connectivity index (χ4n) is 11.6. The van der Waals surface area contributed by atoms with Crippen LogP contribution in [0.3, 0.4) is 0 Å². The summed E-state index contributed by atoms with van der Waals surface area (Å²) in [5.74, 6) is 0. The zero-order valence-electron chi connectivity index (χ0n) is 36.4. The van der Waals surface area contributed by atoms with E-state index in [0.29, 0.717) is 0 Å². The molecule has 6 aromatic carbocycles. The molecule has 9 rings (SSSR count). The van der Waals surface area contributed by atoms with Crippen LogP contribution in [0.15, 0.2) is 126 Å². The molecular weight excluding hydrogens is 863 g/mol. The first kappa shape index (κ1) is 41.8. The molecule has 3 aliphatic rings. The Morgan fingerprint density at radius 2 is 0.983 bits per heavy atom. The van der Waals surface area contributed by atoms with Gasteiger partial charge in [-0.1, -0.05) is 0 Å². The van der Waals surface area contributed by atoms with E-state index in [-0.39, 0.29) is 7.25 Å². The van der Waals surface area contributed by atoms with Gasteiger partial charge in [-0.25, -0.2) is 0 Å². The number of allylic oxidation sites excluding steroid dienone is 2. The molecule has 0 saturated carbocycles. The van der Waals surface area contributed by atoms with Gasteiger partial charge in [-0.3, -0.25) is 0 Å². The fourth-order valence-corrected chi connectivity index (χ4v) is 39.6. The van der Waals surface area contributed by atoms with Crippen LogP contribution in [0, 0.1) is 13.8 Å². The Morgan fingerprint density at radius 1 is 0.517 bits per heavy atom. The summed E-state index contributed by atoms with van der Waals surface area (Å²) in [6.07, 6.45) is 13.6. The molecule has 60 heavy (non-hydrogen) atoms. The topological polar surface area (TPSA) is 0 Å². The van der Waals surface area contributed by atoms with Crippen molar-refractivity contribution in [1.29, 1.82) is 0 Å². The van der Waals surface area contributed by atoms with E-state index in [4.69, 9.17) is 0 Å². The quantitative estimate of drug-likeness (QED) is 0.101. The molecule has 2 atom stereocenters. The van der Waals surface area contributed by atoms with Crippen molar-refractivity contribution in [3.8, 4) is 33.4 Å². The van der Waals surface area contributed by atoms with Gasteiger partial charge in [0.15, 0.2) is 0 Å². The Labute approximate surface area is 370 Å². The van der Waals surface area contributed by atoms with Crippen molar-refractivity contribution in [2.24, 2.45) is 0 Å². The van der Waals surface area contributed by atoms with Crippen LogP contribution in [0.25, 0.3) is 45.5 Å². The summed E-state index contributed by atoms with van der Waals surface area (Å²) >= 11 is -5.66. The predicted molar refractivity (Wildman–Crippen MR) is 264 cm³/mol. The molecular formula is C56H59Cl2SiZr. The number of unbranched alkanes of at least 4 members (excludes halogenated alkanes) is 2. The molecule has 2 unspecified atom stereocenters. The summed E-state index contributed by atoms with van der Waals surface area (Å²) in [5, 5.41) is 3.00. The van der Waals surface area contributed by atoms with E-state index in [2.05, 4.69) is 169 Å². The minimum atomic E-state index is -5.66. The molecule has 0 aromatic heterocycles. The van der Waals surface area contributed by atoms with Crippen LogP contribution in [0.1, 0.15) is 118 Å². The second kappa shape index (κ2) is 16.6. The van der Waals surface area contributed by atoms with Gasteiger partial charge in [-0.15, -0.1) is 0 Å². The number of fused-ring (bicyclic) bond motifs is 5. The zero-order valence-corrected chi connectivity index (χ0v) is 41.8. The molecule has 0 nitrogen and oxygen atoms in total. The normalized spacial score (nSPS) is 17.4. The van der Waals surface area contributed by atoms with Crippen molar-refractivity contribution in [3.05, 3.63) is 171 Å². The first-order chi connectivity index (χ1) is 29.1. The van der Waals surface area contributed by atoms with E-state index in [1.54, 1.807) is 0 Å². The Bertz CT molecular complexity index is 2580. The van der Waals surface area contributed by atoms with Gasteiger partial charge in [0.2, 0.25) is 0 Å². The fraction of sp³-hybridized carbons (Fsp3) is 0.286. The number of halogens is 2. The number of hydrogen-bond donors (Lipinski definition) is 0. The summed E-state index contributed by atoms with van der Waals surface area (Å²) in [5.41, 5.74) is 21.8. The maximum absolute atomic E-state index is 9.47. The van der Waals surface area contributed by atoms with Gasteiger partial charge in [-0.05, 0) is 0 Å². The van der Waals surface area contributed by atoms with E-state index in [1.807, 2.05) is 0 Å². The van der Waals surface area contributed by atoms with E-state index < -0.39 is 25.9 Å². The van der Waals surface area contributed by atoms with Crippen LogP contribution in [-0.2, 0) is 29.2 Å². The Morgan fingerprint density at radius 3 is 1.48 bits per heavy atom. The Hall–Kier alpha value is -3.52. The van der Waals surface area contributed by atoms with Crippen LogP contribution in [0.5, 0.6) is 0 Å². The number of hydrogen-bond acceptors (Lipinski definition) is 0. The summed E-state index contributed by atoms with van der Waals surface area (Å²) in [4.78, 5) is 0. The summed E-state index contributed by atoms with van der Waals surface area (Å²) in [7, 11) is 18.1. The van der Waals surface area contributed by atoms with Crippen LogP contribution in [0.2, 0.25) is 0 Å². The number of rotatable bonds is 13. The van der Waals surface area contributed by atoms with Crippen molar-refractivity contribution in [2.45, 2.75) is 100 Å². The van der Waals surface area contributed by atoms with Crippen molar-refractivity contribution in [3.63, 3.8) is 0 Å². The minimum absolute atomic E-state index is 0.0673. The number of benzene rings is 6. The second-order valence-electron chi connectivity index (χ2n) is 17.9. The Kier molecular flexibility index (Phi) is 11.6. The second-order valence-corrected chi connectivity index (χ2v) is 40.3. The first-order valence-corrected chi connectivity index (χ1v) is 34.6. The van der Waals surface area contributed by atoms with Crippen LogP contribution in [-0.4, -0.2) is 9.52 Å². The molecule has 6 aromatic rings. The average molecular weight is 922 g/mol. The van der Waals surface area contributed by atoms with Gasteiger partial charge >= 0.3 is 373 Å². The van der Waals surface area contributed by atoms with Gasteiger partial charge in [0.05, 0.1) is 0 Å². The zero-order chi connectivity index (χ0) is 41.8. The monoisotopic (exact) mass is 919 g/mol. The third-order valence-corrected chi connectivity index (χ3v) is 37.2. The standard InChI is InChI=1S/2C22H25.C12H9Si.2ClH.Zr/c2*1-4-6-9-17-14-19-13-12-16(3)22(21(19)15-17)20-11-8-7-10-18(20)5-2;1-3-7-11-9(5-1)10-6-2-4-8-12(10)13-11;;;/h2*7-8,10-15H,4-6,9H2,1-3H3;1-7H,13H2;2*1H;/q;;;;;+2/p-2. The predicted octanol–water partition coefficient (Wildman–Crippen LogP) is 14.1. The third kappa shape index (κ3) is 6.61. The van der Waals surface area contributed by atoms with Crippen molar-refractivity contribution >= 4 is 52.3 Å². The molecule has 0 N–H and O–H groups in total. The number of aryl methyl sites for hydroxylation is 4. The van der Waals surface area contributed by atoms with Crippen LogP contribution in [0.4, 0.5) is 0 Å². The molecule has 2 aliphatic carbocycles. The van der Waals surface area contributed by atoms with E-state index in [0.717, 1.165) is 51.4 Å². The van der Waals surface area contributed by atoms with Gasteiger partial charge in [0, 0.05) is 0 Å². The van der Waals surface area contributed by atoms with Gasteiger partial charge < -0.3 is 0 Å². The van der Waals surface area contributed by atoms with Gasteiger partial charge in [0.1, 0.15) is 0 Å². The van der Waals surface area contributed by atoms with Crippen molar-refractivity contribution in [2.75, 3.05) is 0 Å². The molecule has 0 fully saturated rings. The summed E-state index contributed by atoms with van der Waals surface area (Å²) < 4.78 is 1.19. The third-order valence-electron chi connectivity index (χ3n) is 14.4. The first-order valence-electron chi connectivity index (χ1n) is 22.8. The molecule has 1 heterocycles. The molecule has 1 aliphatic heterocycles. The van der Waals surface area contributed by atoms with Crippen molar-refractivity contribution < 1.29 is 16.4 Å². The molecule has 0 spiro atoms. The van der Waals surface area contributed by atoms with E-state index >= 15 is 0 Å². The van der Waals surface area contributed by atoms with E-state index in [9.17, 15) is 17.0 Å². The summed E-state index contributed by atoms with van der Waals surface area (Å²) in [6.45, 7) is 13.8.